The van der Waals surface area contributed by atoms with E-state index < -0.39 is 12.1 Å². The summed E-state index contributed by atoms with van der Waals surface area (Å²) in [4.78, 5) is 29.7. The lowest BCUT2D eigenvalue weighted by molar-refractivity contribution is -0.192. The molecule has 1 aromatic heterocycles. The summed E-state index contributed by atoms with van der Waals surface area (Å²) in [7, 11) is 0. The van der Waals surface area contributed by atoms with E-state index in [1.807, 2.05) is 22.4 Å². The molecule has 2 aliphatic rings. The lowest BCUT2D eigenvalue weighted by atomic mass is 9.91. The van der Waals surface area contributed by atoms with Crippen LogP contribution in [-0.2, 0) is 11.3 Å². The quantitative estimate of drug-likeness (QED) is 0.779. The molecule has 11 heteroatoms. The van der Waals surface area contributed by atoms with Gasteiger partial charge in [0.15, 0.2) is 0 Å². The number of hydrogen-bond acceptors (Lipinski definition) is 6. The monoisotopic (exact) mass is 429 g/mol. The largest absolute Gasteiger partial charge is 0.508 e. The van der Waals surface area contributed by atoms with Crippen LogP contribution in [-0.4, -0.2) is 68.7 Å². The minimum atomic E-state index is -5.08. The Balaban J connectivity index is 0.000000298. The Hall–Kier alpha value is -2.66. The van der Waals surface area contributed by atoms with Crippen molar-refractivity contribution in [2.24, 2.45) is 5.92 Å². The number of amides is 1. The van der Waals surface area contributed by atoms with Gasteiger partial charge in [0.2, 0.25) is 0 Å². The van der Waals surface area contributed by atoms with Crippen LogP contribution in [0.1, 0.15) is 16.1 Å². The van der Waals surface area contributed by atoms with Gasteiger partial charge in [-0.15, -0.1) is 11.3 Å². The van der Waals surface area contributed by atoms with Gasteiger partial charge in [-0.3, -0.25) is 9.69 Å². The molecule has 3 heterocycles. The third kappa shape index (κ3) is 5.04. The molecule has 2 fully saturated rings. The number of halogens is 3. The van der Waals surface area contributed by atoms with Crippen molar-refractivity contribution in [2.45, 2.75) is 18.8 Å². The van der Waals surface area contributed by atoms with Crippen molar-refractivity contribution in [1.29, 1.82) is 0 Å². The third-order valence-electron chi connectivity index (χ3n) is 4.85. The van der Waals surface area contributed by atoms with E-state index in [2.05, 4.69) is 9.88 Å². The van der Waals surface area contributed by atoms with Gasteiger partial charge < -0.3 is 15.1 Å². The van der Waals surface area contributed by atoms with Gasteiger partial charge in [0.1, 0.15) is 11.4 Å². The highest BCUT2D eigenvalue weighted by atomic mass is 32.1. The van der Waals surface area contributed by atoms with E-state index in [9.17, 15) is 23.1 Å². The van der Waals surface area contributed by atoms with E-state index >= 15 is 0 Å². The molecule has 7 nitrogen and oxygen atoms in total. The Bertz CT molecular complexity index is 858. The van der Waals surface area contributed by atoms with Crippen molar-refractivity contribution in [2.75, 3.05) is 19.6 Å². The zero-order chi connectivity index (χ0) is 21.2. The van der Waals surface area contributed by atoms with Gasteiger partial charge in [-0.1, -0.05) is 12.1 Å². The molecular formula is C18H18F3N3O4S. The summed E-state index contributed by atoms with van der Waals surface area (Å²) in [6.45, 7) is 3.54. The molecule has 0 bridgehead atoms. The fourth-order valence-electron chi connectivity index (χ4n) is 3.41. The van der Waals surface area contributed by atoms with E-state index in [4.69, 9.17) is 9.90 Å². The number of fused-ring (bicyclic) bond motifs is 1. The predicted octanol–water partition coefficient (Wildman–Crippen LogP) is 2.44. The average Bonchev–Trinajstić information content (AvgIpc) is 3.29. The first kappa shape index (κ1) is 21.1. The first-order valence-electron chi connectivity index (χ1n) is 8.64. The number of aromatic hydroxyl groups is 1. The highest BCUT2D eigenvalue weighted by Gasteiger charge is 2.46. The van der Waals surface area contributed by atoms with E-state index in [-0.39, 0.29) is 5.91 Å². The van der Waals surface area contributed by atoms with Gasteiger partial charge in [0.25, 0.3) is 5.91 Å². The smallest absolute Gasteiger partial charge is 0.490 e. The molecule has 4 rings (SSSR count). The van der Waals surface area contributed by atoms with Crippen LogP contribution in [0.3, 0.4) is 0 Å². The third-order valence-corrected chi connectivity index (χ3v) is 5.43. The van der Waals surface area contributed by atoms with Crippen molar-refractivity contribution < 1.29 is 33.0 Å². The highest BCUT2D eigenvalue weighted by molar-refractivity contribution is 7.07. The second kappa shape index (κ2) is 8.37. The fourth-order valence-corrected chi connectivity index (χ4v) is 3.94. The second-order valence-corrected chi connectivity index (χ2v) is 7.53. The van der Waals surface area contributed by atoms with Gasteiger partial charge in [-0.25, -0.2) is 9.78 Å². The van der Waals surface area contributed by atoms with Crippen molar-refractivity contribution in [3.63, 3.8) is 0 Å². The number of carboxylic acid groups (broad SMARTS) is 1. The highest BCUT2D eigenvalue weighted by Crippen LogP contribution is 2.34. The number of phenols is 1. The summed E-state index contributed by atoms with van der Waals surface area (Å²) in [5.74, 6) is -1.82. The van der Waals surface area contributed by atoms with Gasteiger partial charge in [-0.2, -0.15) is 13.2 Å². The van der Waals surface area contributed by atoms with Crippen molar-refractivity contribution in [1.82, 2.24) is 14.8 Å². The maximum Gasteiger partial charge on any atom is 0.490 e. The summed E-state index contributed by atoms with van der Waals surface area (Å²) < 4.78 is 31.7. The number of carboxylic acids is 1. The number of aliphatic carboxylic acids is 1. The summed E-state index contributed by atoms with van der Waals surface area (Å²) in [6, 6.07) is 7.81. The van der Waals surface area contributed by atoms with Gasteiger partial charge in [0, 0.05) is 43.5 Å². The Kier molecular flexibility index (Phi) is 6.08. The molecule has 0 saturated carbocycles. The molecule has 1 aromatic carbocycles. The Morgan fingerprint density at radius 3 is 2.38 bits per heavy atom. The summed E-state index contributed by atoms with van der Waals surface area (Å²) in [5, 5.41) is 18.3. The zero-order valence-corrected chi connectivity index (χ0v) is 15.9. The normalized spacial score (nSPS) is 21.0. The standard InChI is InChI=1S/C16H17N3O2S.C2HF3O2/c20-13-3-1-11(2-4-13)5-18-6-12-7-19(8-15(12)18)16(21)14-9-22-10-17-14;3-2(4,5)1(6)7/h1-4,9-10,12,15,20H,5-8H2;(H,6,7). The number of carbonyl (C=O) groups excluding carboxylic acids is 1. The lowest BCUT2D eigenvalue weighted by Crippen LogP contribution is -2.54. The molecular weight excluding hydrogens is 411 g/mol. The molecule has 0 spiro atoms. The number of benzene rings is 1. The molecule has 2 N–H and O–H groups in total. The SMILES string of the molecule is O=C(O)C(F)(F)F.O=C(c1cscn1)N1CC2CN(Cc3ccc(O)cc3)C2C1. The maximum atomic E-state index is 12.4. The molecule has 0 radical (unpaired) electrons. The maximum absolute atomic E-state index is 12.4. The molecule has 29 heavy (non-hydrogen) atoms. The predicted molar refractivity (Wildman–Crippen MR) is 97.5 cm³/mol. The first-order chi connectivity index (χ1) is 13.6. The molecule has 2 aliphatic heterocycles. The van der Waals surface area contributed by atoms with Crippen molar-refractivity contribution >= 4 is 23.2 Å². The van der Waals surface area contributed by atoms with Crippen LogP contribution in [0.25, 0.3) is 0 Å². The fraction of sp³-hybridized carbons (Fsp3) is 0.389. The molecule has 2 unspecified atom stereocenters. The van der Waals surface area contributed by atoms with E-state index in [1.54, 1.807) is 17.6 Å². The van der Waals surface area contributed by atoms with Crippen LogP contribution < -0.4 is 0 Å². The number of alkyl halides is 3. The molecule has 2 atom stereocenters. The summed E-state index contributed by atoms with van der Waals surface area (Å²) in [5.41, 5.74) is 3.46. The minimum Gasteiger partial charge on any atom is -0.508 e. The van der Waals surface area contributed by atoms with E-state index in [0.29, 0.717) is 23.4 Å². The number of aromatic nitrogens is 1. The van der Waals surface area contributed by atoms with Crippen molar-refractivity contribution in [3.05, 3.63) is 46.4 Å². The molecule has 156 valence electrons. The molecule has 0 aliphatic carbocycles. The number of rotatable bonds is 3. The number of hydrogen-bond donors (Lipinski definition) is 2. The molecule has 2 aromatic rings. The number of phenolic OH excluding ortho intramolecular Hbond substituents is 1. The van der Waals surface area contributed by atoms with Crippen molar-refractivity contribution in [3.8, 4) is 5.75 Å². The van der Waals surface area contributed by atoms with Crippen LogP contribution in [0.15, 0.2) is 35.2 Å². The Morgan fingerprint density at radius 1 is 1.17 bits per heavy atom. The Morgan fingerprint density at radius 2 is 1.83 bits per heavy atom. The van der Waals surface area contributed by atoms with Gasteiger partial charge >= 0.3 is 12.1 Å². The number of nitrogens with zero attached hydrogens (tertiary/aromatic N) is 3. The zero-order valence-electron chi connectivity index (χ0n) is 15.0. The molecule has 2 saturated heterocycles. The average molecular weight is 429 g/mol. The Labute approximate surface area is 168 Å². The van der Waals surface area contributed by atoms with Crippen LogP contribution in [0.5, 0.6) is 5.75 Å². The van der Waals surface area contributed by atoms with Crippen LogP contribution in [0, 0.1) is 5.92 Å². The topological polar surface area (TPSA) is 94.0 Å². The number of carbonyl (C=O) groups is 2. The summed E-state index contributed by atoms with van der Waals surface area (Å²) >= 11 is 1.46. The number of likely N-dealkylation sites (tertiary alicyclic amines) is 2. The van der Waals surface area contributed by atoms with Crippen LogP contribution in [0.4, 0.5) is 13.2 Å². The van der Waals surface area contributed by atoms with E-state index in [0.717, 1.165) is 26.2 Å². The summed E-state index contributed by atoms with van der Waals surface area (Å²) in [6.07, 6.45) is -5.08. The van der Waals surface area contributed by atoms with Crippen LogP contribution in [0.2, 0.25) is 0 Å². The van der Waals surface area contributed by atoms with Crippen LogP contribution >= 0.6 is 11.3 Å². The lowest BCUT2D eigenvalue weighted by Gasteiger charge is -2.43. The second-order valence-electron chi connectivity index (χ2n) is 6.81. The van der Waals surface area contributed by atoms with Gasteiger partial charge in [-0.05, 0) is 17.7 Å². The number of thiazole rings is 1. The first-order valence-corrected chi connectivity index (χ1v) is 9.59. The van der Waals surface area contributed by atoms with E-state index in [1.165, 1.54) is 16.9 Å². The molecule has 1 amide bonds. The van der Waals surface area contributed by atoms with Gasteiger partial charge in [0.05, 0.1) is 5.51 Å². The minimum absolute atomic E-state index is 0.0558.